The highest BCUT2D eigenvalue weighted by molar-refractivity contribution is 5.41. The van der Waals surface area contributed by atoms with Crippen LogP contribution in [0.2, 0.25) is 0 Å². The summed E-state index contributed by atoms with van der Waals surface area (Å²) in [5, 5.41) is 0. The summed E-state index contributed by atoms with van der Waals surface area (Å²) in [6.07, 6.45) is 6.79. The van der Waals surface area contributed by atoms with Gasteiger partial charge in [-0.3, -0.25) is 0 Å². The maximum atomic E-state index is 6.06. The maximum absolute atomic E-state index is 6.06. The third kappa shape index (κ3) is 5.04. The summed E-state index contributed by atoms with van der Waals surface area (Å²) in [7, 11) is 0. The Morgan fingerprint density at radius 2 is 1.82 bits per heavy atom. The van der Waals surface area contributed by atoms with Gasteiger partial charge in [-0.15, -0.1) is 0 Å². The molecule has 1 saturated heterocycles. The van der Waals surface area contributed by atoms with Gasteiger partial charge >= 0.3 is 0 Å². The molecule has 0 N–H and O–H groups in total. The van der Waals surface area contributed by atoms with Crippen LogP contribution < -0.4 is 0 Å². The summed E-state index contributed by atoms with van der Waals surface area (Å²) in [4.78, 5) is 0. The molecule has 1 aliphatic rings. The molecule has 1 fully saturated rings. The average molecular weight is 381 g/mol. The zero-order chi connectivity index (χ0) is 19.8. The third-order valence-corrected chi connectivity index (χ3v) is 6.38. The quantitative estimate of drug-likeness (QED) is 0.473. The number of ether oxygens (including phenoxy) is 2. The van der Waals surface area contributed by atoms with Crippen molar-refractivity contribution >= 4 is 0 Å². The Morgan fingerprint density at radius 1 is 1.04 bits per heavy atom. The first kappa shape index (κ1) is 21.1. The molecule has 3 rings (SSSR count). The zero-order valence-corrected chi connectivity index (χ0v) is 17.8. The van der Waals surface area contributed by atoms with E-state index in [1.807, 2.05) is 0 Å². The number of hydrogen-bond acceptors (Lipinski definition) is 2. The van der Waals surface area contributed by atoms with Crippen LogP contribution in [0.5, 0.6) is 0 Å². The lowest BCUT2D eigenvalue weighted by Crippen LogP contribution is -2.29. The van der Waals surface area contributed by atoms with Crippen molar-refractivity contribution < 1.29 is 9.47 Å². The summed E-state index contributed by atoms with van der Waals surface area (Å²) in [6, 6.07) is 20.1. The van der Waals surface area contributed by atoms with Gasteiger partial charge in [-0.2, -0.15) is 0 Å². The molecule has 1 heterocycles. The lowest BCUT2D eigenvalue weighted by Gasteiger charge is -2.37. The van der Waals surface area contributed by atoms with Gasteiger partial charge in [0, 0.05) is 12.0 Å². The monoisotopic (exact) mass is 380 g/mol. The van der Waals surface area contributed by atoms with Gasteiger partial charge in [0.1, 0.15) is 0 Å². The highest BCUT2D eigenvalue weighted by Gasteiger charge is 2.33. The van der Waals surface area contributed by atoms with Gasteiger partial charge in [0.25, 0.3) is 0 Å². The maximum Gasteiger partial charge on any atom is 0.158 e. The topological polar surface area (TPSA) is 18.5 Å². The van der Waals surface area contributed by atoms with Crippen molar-refractivity contribution in [3.8, 4) is 0 Å². The SMILES string of the molecule is CCC(C)CC(CC)(c1ccccc1)c1cccc(COC2CCCCO2)c1. The van der Waals surface area contributed by atoms with E-state index in [1.54, 1.807) is 0 Å². The van der Waals surface area contributed by atoms with Gasteiger partial charge in [-0.05, 0) is 54.7 Å². The van der Waals surface area contributed by atoms with Gasteiger partial charge < -0.3 is 9.47 Å². The number of rotatable bonds is 9. The summed E-state index contributed by atoms with van der Waals surface area (Å²) >= 11 is 0. The van der Waals surface area contributed by atoms with Crippen LogP contribution in [-0.4, -0.2) is 12.9 Å². The van der Waals surface area contributed by atoms with Crippen molar-refractivity contribution in [1.29, 1.82) is 0 Å². The molecule has 2 nitrogen and oxygen atoms in total. The van der Waals surface area contributed by atoms with E-state index in [0.29, 0.717) is 12.5 Å². The van der Waals surface area contributed by atoms with Gasteiger partial charge in [0.05, 0.1) is 6.61 Å². The van der Waals surface area contributed by atoms with Crippen molar-refractivity contribution in [3.05, 3.63) is 71.3 Å². The minimum Gasteiger partial charge on any atom is -0.353 e. The van der Waals surface area contributed by atoms with Crippen molar-refractivity contribution in [3.63, 3.8) is 0 Å². The molecular formula is C26H36O2. The molecule has 3 atom stereocenters. The molecule has 0 aromatic heterocycles. The molecule has 2 aromatic carbocycles. The van der Waals surface area contributed by atoms with Crippen LogP contribution in [0.1, 0.15) is 76.0 Å². The molecule has 1 aliphatic heterocycles. The lowest BCUT2D eigenvalue weighted by molar-refractivity contribution is -0.168. The molecular weight excluding hydrogens is 344 g/mol. The molecule has 3 unspecified atom stereocenters. The van der Waals surface area contributed by atoms with Crippen molar-refractivity contribution in [2.45, 2.75) is 77.6 Å². The minimum atomic E-state index is -0.0393. The van der Waals surface area contributed by atoms with E-state index in [0.717, 1.165) is 25.9 Å². The molecule has 2 aromatic rings. The van der Waals surface area contributed by atoms with E-state index < -0.39 is 0 Å². The summed E-state index contributed by atoms with van der Waals surface area (Å²) in [5.41, 5.74) is 4.12. The van der Waals surface area contributed by atoms with E-state index in [4.69, 9.17) is 9.47 Å². The summed E-state index contributed by atoms with van der Waals surface area (Å²) < 4.78 is 11.8. The second-order valence-corrected chi connectivity index (χ2v) is 8.33. The van der Waals surface area contributed by atoms with Crippen LogP contribution in [-0.2, 0) is 21.5 Å². The van der Waals surface area contributed by atoms with Crippen LogP contribution in [0.3, 0.4) is 0 Å². The van der Waals surface area contributed by atoms with Crippen LogP contribution in [0.4, 0.5) is 0 Å². The second kappa shape index (κ2) is 10.2. The Hall–Kier alpha value is -1.64. The van der Waals surface area contributed by atoms with Crippen LogP contribution in [0.15, 0.2) is 54.6 Å². The normalized spacial score (nSPS) is 20.5. The predicted octanol–water partition coefficient (Wildman–Crippen LogP) is 6.86. The first-order chi connectivity index (χ1) is 13.7. The fraction of sp³-hybridized carbons (Fsp3) is 0.538. The fourth-order valence-electron chi connectivity index (χ4n) is 4.44. The van der Waals surface area contributed by atoms with Gasteiger partial charge in [-0.25, -0.2) is 0 Å². The first-order valence-electron chi connectivity index (χ1n) is 11.1. The fourth-order valence-corrected chi connectivity index (χ4v) is 4.44. The smallest absolute Gasteiger partial charge is 0.158 e. The summed E-state index contributed by atoms with van der Waals surface area (Å²) in [6.45, 7) is 8.45. The third-order valence-electron chi connectivity index (χ3n) is 6.38. The molecule has 0 saturated carbocycles. The van der Waals surface area contributed by atoms with E-state index in [9.17, 15) is 0 Å². The largest absolute Gasteiger partial charge is 0.353 e. The van der Waals surface area contributed by atoms with Crippen LogP contribution >= 0.6 is 0 Å². The van der Waals surface area contributed by atoms with E-state index in [-0.39, 0.29) is 11.7 Å². The molecule has 152 valence electrons. The number of hydrogen-bond donors (Lipinski definition) is 0. The molecule has 2 heteroatoms. The Labute approximate surface area is 171 Å². The standard InChI is InChI=1S/C26H36O2/c1-4-21(3)19-26(5-2,23-13-7-6-8-14-23)24-15-11-12-22(18-24)20-28-25-16-9-10-17-27-25/h6-8,11-15,18,21,25H,4-5,9-10,16-17,19-20H2,1-3H3. The summed E-state index contributed by atoms with van der Waals surface area (Å²) in [5.74, 6) is 0.677. The molecule has 0 amide bonds. The van der Waals surface area contributed by atoms with Crippen LogP contribution in [0, 0.1) is 5.92 Å². The Balaban J connectivity index is 1.87. The van der Waals surface area contributed by atoms with E-state index in [1.165, 1.54) is 36.0 Å². The van der Waals surface area contributed by atoms with E-state index >= 15 is 0 Å². The van der Waals surface area contributed by atoms with Crippen LogP contribution in [0.25, 0.3) is 0 Å². The zero-order valence-electron chi connectivity index (χ0n) is 17.8. The minimum absolute atomic E-state index is 0.0393. The Kier molecular flexibility index (Phi) is 7.70. The van der Waals surface area contributed by atoms with Crippen molar-refractivity contribution in [1.82, 2.24) is 0 Å². The Morgan fingerprint density at radius 3 is 2.50 bits per heavy atom. The number of benzene rings is 2. The van der Waals surface area contributed by atoms with Gasteiger partial charge in [-0.1, -0.05) is 81.8 Å². The first-order valence-corrected chi connectivity index (χ1v) is 11.1. The second-order valence-electron chi connectivity index (χ2n) is 8.33. The molecule has 0 aliphatic carbocycles. The molecule has 0 bridgehead atoms. The highest BCUT2D eigenvalue weighted by Crippen LogP contribution is 2.42. The van der Waals surface area contributed by atoms with Gasteiger partial charge in [0.15, 0.2) is 6.29 Å². The predicted molar refractivity (Wildman–Crippen MR) is 116 cm³/mol. The average Bonchev–Trinajstić information content (AvgIpc) is 2.77. The molecule has 28 heavy (non-hydrogen) atoms. The van der Waals surface area contributed by atoms with Crippen molar-refractivity contribution in [2.24, 2.45) is 5.92 Å². The molecule has 0 radical (unpaired) electrons. The van der Waals surface area contributed by atoms with E-state index in [2.05, 4.69) is 75.4 Å². The van der Waals surface area contributed by atoms with Gasteiger partial charge in [0.2, 0.25) is 0 Å². The van der Waals surface area contributed by atoms with Crippen molar-refractivity contribution in [2.75, 3.05) is 6.61 Å². The lowest BCUT2D eigenvalue weighted by atomic mass is 9.67. The Bertz CT molecular complexity index is 705. The highest BCUT2D eigenvalue weighted by atomic mass is 16.7. The molecule has 0 spiro atoms.